The Bertz CT molecular complexity index is 685. The van der Waals surface area contributed by atoms with Crippen LogP contribution in [0, 0.1) is 0 Å². The summed E-state index contributed by atoms with van der Waals surface area (Å²) >= 11 is 0. The van der Waals surface area contributed by atoms with Crippen LogP contribution in [0.2, 0.25) is 0 Å². The molecular weight excluding hydrogens is 266 g/mol. The van der Waals surface area contributed by atoms with Gasteiger partial charge in [0, 0.05) is 18.4 Å². The van der Waals surface area contributed by atoms with Crippen LogP contribution >= 0.6 is 0 Å². The second-order valence-corrected chi connectivity index (χ2v) is 4.97. The summed E-state index contributed by atoms with van der Waals surface area (Å²) in [7, 11) is 0. The summed E-state index contributed by atoms with van der Waals surface area (Å²) in [6, 6.07) is 12.1. The monoisotopic (exact) mass is 281 g/mol. The Morgan fingerprint density at radius 2 is 2.00 bits per heavy atom. The van der Waals surface area contributed by atoms with Crippen molar-refractivity contribution in [2.24, 2.45) is 0 Å². The first kappa shape index (κ1) is 13.3. The molecule has 2 heterocycles. The second-order valence-electron chi connectivity index (χ2n) is 4.97. The lowest BCUT2D eigenvalue weighted by atomic mass is 10.1. The van der Waals surface area contributed by atoms with Crippen LogP contribution in [0.5, 0.6) is 0 Å². The van der Waals surface area contributed by atoms with Gasteiger partial charge in [0.25, 0.3) is 5.91 Å². The van der Waals surface area contributed by atoms with Crippen molar-refractivity contribution in [1.82, 2.24) is 9.88 Å². The Morgan fingerprint density at radius 3 is 2.76 bits per heavy atom. The number of para-hydroxylation sites is 1. The highest BCUT2D eigenvalue weighted by Gasteiger charge is 2.31. The van der Waals surface area contributed by atoms with Crippen LogP contribution in [0.15, 0.2) is 48.7 Å². The predicted molar refractivity (Wildman–Crippen MR) is 78.6 cm³/mol. The molecule has 3 rings (SSSR count). The molecule has 1 aromatic carbocycles. The van der Waals surface area contributed by atoms with Gasteiger partial charge in [0.1, 0.15) is 11.7 Å². The van der Waals surface area contributed by atoms with E-state index >= 15 is 0 Å². The number of carbonyl (C=O) groups excluding carboxylic acids is 2. The number of benzene rings is 1. The van der Waals surface area contributed by atoms with Gasteiger partial charge < -0.3 is 10.2 Å². The van der Waals surface area contributed by atoms with Crippen LogP contribution in [0.3, 0.4) is 0 Å². The maximum absolute atomic E-state index is 12.6. The zero-order chi connectivity index (χ0) is 14.8. The molecule has 1 aliphatic heterocycles. The van der Waals surface area contributed by atoms with Gasteiger partial charge in [-0.05, 0) is 30.7 Å². The Balaban J connectivity index is 1.98. The van der Waals surface area contributed by atoms with Crippen LogP contribution in [-0.4, -0.2) is 27.7 Å². The number of rotatable bonds is 1. The smallest absolute Gasteiger partial charge is 0.273 e. The average Bonchev–Trinajstić information content (AvgIpc) is 2.65. The Morgan fingerprint density at radius 1 is 1.24 bits per heavy atom. The molecule has 1 aliphatic rings. The quantitative estimate of drug-likeness (QED) is 0.870. The highest BCUT2D eigenvalue weighted by Crippen LogP contribution is 2.23. The number of anilines is 1. The van der Waals surface area contributed by atoms with E-state index in [2.05, 4.69) is 10.3 Å². The van der Waals surface area contributed by atoms with Crippen LogP contribution in [0.25, 0.3) is 0 Å². The van der Waals surface area contributed by atoms with E-state index in [0.717, 1.165) is 11.3 Å². The number of hydrogen-bond donors (Lipinski definition) is 1. The van der Waals surface area contributed by atoms with E-state index in [1.54, 1.807) is 36.2 Å². The van der Waals surface area contributed by atoms with Crippen molar-refractivity contribution >= 4 is 17.5 Å². The van der Waals surface area contributed by atoms with E-state index in [1.165, 1.54) is 0 Å². The van der Waals surface area contributed by atoms with Crippen LogP contribution in [0.1, 0.15) is 23.0 Å². The number of fused-ring (bicyclic) bond motifs is 1. The summed E-state index contributed by atoms with van der Waals surface area (Å²) < 4.78 is 0. The molecule has 0 saturated carbocycles. The molecule has 1 aromatic heterocycles. The Kier molecular flexibility index (Phi) is 3.39. The lowest BCUT2D eigenvalue weighted by Crippen LogP contribution is -2.43. The third-order valence-electron chi connectivity index (χ3n) is 3.61. The predicted octanol–water partition coefficient (Wildman–Crippen LogP) is 2.06. The maximum atomic E-state index is 12.6. The number of amides is 2. The van der Waals surface area contributed by atoms with E-state index in [0.29, 0.717) is 12.2 Å². The van der Waals surface area contributed by atoms with Crippen molar-refractivity contribution < 1.29 is 9.59 Å². The minimum Gasteiger partial charge on any atom is -0.324 e. The molecule has 5 nitrogen and oxygen atoms in total. The molecule has 1 N–H and O–H groups in total. The fraction of sp³-hybridized carbons (Fsp3) is 0.188. The average molecular weight is 281 g/mol. The SMILES string of the molecule is CC1C(=O)Nc2ccccc2CN1C(=O)c1ccccn1. The molecule has 1 unspecified atom stereocenters. The zero-order valence-corrected chi connectivity index (χ0v) is 11.6. The van der Waals surface area contributed by atoms with Crippen LogP contribution in [0.4, 0.5) is 5.69 Å². The van der Waals surface area contributed by atoms with Gasteiger partial charge in [-0.3, -0.25) is 14.6 Å². The molecule has 0 radical (unpaired) electrons. The number of nitrogens with zero attached hydrogens (tertiary/aromatic N) is 2. The van der Waals surface area contributed by atoms with Crippen molar-refractivity contribution in [1.29, 1.82) is 0 Å². The second kappa shape index (κ2) is 5.36. The largest absolute Gasteiger partial charge is 0.324 e. The molecule has 0 bridgehead atoms. The van der Waals surface area contributed by atoms with E-state index in [9.17, 15) is 9.59 Å². The van der Waals surface area contributed by atoms with Crippen molar-refractivity contribution in [3.63, 3.8) is 0 Å². The van der Waals surface area contributed by atoms with Crippen molar-refractivity contribution in [2.75, 3.05) is 5.32 Å². The van der Waals surface area contributed by atoms with Crippen molar-refractivity contribution in [2.45, 2.75) is 19.5 Å². The number of carbonyl (C=O) groups is 2. The van der Waals surface area contributed by atoms with E-state index in [-0.39, 0.29) is 11.8 Å². The van der Waals surface area contributed by atoms with Gasteiger partial charge in [-0.1, -0.05) is 24.3 Å². The molecule has 5 heteroatoms. The summed E-state index contributed by atoms with van der Waals surface area (Å²) in [6.45, 7) is 2.10. The molecule has 0 spiro atoms. The summed E-state index contributed by atoms with van der Waals surface area (Å²) in [5, 5.41) is 2.86. The number of aromatic nitrogens is 1. The summed E-state index contributed by atoms with van der Waals surface area (Å²) in [5.74, 6) is -0.431. The first-order chi connectivity index (χ1) is 10.2. The first-order valence-corrected chi connectivity index (χ1v) is 6.77. The van der Waals surface area contributed by atoms with Gasteiger partial charge in [-0.25, -0.2) is 0 Å². The van der Waals surface area contributed by atoms with E-state index in [4.69, 9.17) is 0 Å². The summed E-state index contributed by atoms with van der Waals surface area (Å²) in [4.78, 5) is 30.4. The highest BCUT2D eigenvalue weighted by atomic mass is 16.2. The normalized spacial score (nSPS) is 17.7. The lowest BCUT2D eigenvalue weighted by Gasteiger charge is -2.25. The standard InChI is InChI=1S/C16H15N3O2/c1-11-15(20)18-13-7-3-2-6-12(13)10-19(11)16(21)14-8-4-5-9-17-14/h2-9,11H,10H2,1H3,(H,18,20). The minimum absolute atomic E-state index is 0.191. The van der Waals surface area contributed by atoms with Crippen molar-refractivity contribution in [3.8, 4) is 0 Å². The Labute approximate surface area is 122 Å². The van der Waals surface area contributed by atoms with E-state index < -0.39 is 6.04 Å². The van der Waals surface area contributed by atoms with Crippen LogP contribution in [-0.2, 0) is 11.3 Å². The number of nitrogens with one attached hydrogen (secondary N) is 1. The first-order valence-electron chi connectivity index (χ1n) is 6.77. The third kappa shape index (κ3) is 2.50. The molecule has 1 atom stereocenters. The van der Waals surface area contributed by atoms with Crippen LogP contribution < -0.4 is 5.32 Å². The van der Waals surface area contributed by atoms with E-state index in [1.807, 2.05) is 24.3 Å². The molecule has 2 aromatic rings. The molecule has 21 heavy (non-hydrogen) atoms. The molecule has 106 valence electrons. The van der Waals surface area contributed by atoms with Crippen molar-refractivity contribution in [3.05, 3.63) is 59.9 Å². The third-order valence-corrected chi connectivity index (χ3v) is 3.61. The van der Waals surface area contributed by atoms with Gasteiger partial charge in [-0.2, -0.15) is 0 Å². The number of pyridine rings is 1. The molecular formula is C16H15N3O2. The maximum Gasteiger partial charge on any atom is 0.273 e. The molecule has 0 fully saturated rings. The van der Waals surface area contributed by atoms with Gasteiger partial charge in [0.15, 0.2) is 0 Å². The summed E-state index contributed by atoms with van der Waals surface area (Å²) in [5.41, 5.74) is 2.02. The Hall–Kier alpha value is -2.69. The summed E-state index contributed by atoms with van der Waals surface area (Å²) in [6.07, 6.45) is 1.57. The molecule has 0 aliphatic carbocycles. The fourth-order valence-electron chi connectivity index (χ4n) is 2.36. The number of hydrogen-bond acceptors (Lipinski definition) is 3. The topological polar surface area (TPSA) is 62.3 Å². The highest BCUT2D eigenvalue weighted by molar-refractivity contribution is 6.01. The fourth-order valence-corrected chi connectivity index (χ4v) is 2.36. The van der Waals surface area contributed by atoms with Gasteiger partial charge in [0.2, 0.25) is 5.91 Å². The lowest BCUT2D eigenvalue weighted by molar-refractivity contribution is -0.120. The molecule has 2 amide bonds. The minimum atomic E-state index is -0.549. The van der Waals surface area contributed by atoms with Gasteiger partial charge in [-0.15, -0.1) is 0 Å². The van der Waals surface area contributed by atoms with Gasteiger partial charge in [0.05, 0.1) is 0 Å². The van der Waals surface area contributed by atoms with Gasteiger partial charge >= 0.3 is 0 Å². The zero-order valence-electron chi connectivity index (χ0n) is 11.6. The molecule has 0 saturated heterocycles.